The lowest BCUT2D eigenvalue weighted by Gasteiger charge is -2.35. The van der Waals surface area contributed by atoms with Crippen LogP contribution in [0.3, 0.4) is 0 Å². The Labute approximate surface area is 202 Å². The van der Waals surface area contributed by atoms with E-state index in [0.717, 1.165) is 25.2 Å². The molecule has 5 rings (SSSR count). The van der Waals surface area contributed by atoms with Crippen LogP contribution in [0.4, 0.5) is 0 Å². The molecule has 0 atom stereocenters. The highest BCUT2D eigenvalue weighted by molar-refractivity contribution is 7.99. The Morgan fingerprint density at radius 3 is 2.44 bits per heavy atom. The minimum absolute atomic E-state index is 0.0801. The first-order chi connectivity index (χ1) is 16.7. The summed E-state index contributed by atoms with van der Waals surface area (Å²) in [5.74, 6) is 0.346. The first-order valence-electron chi connectivity index (χ1n) is 11.5. The molecule has 0 unspecified atom stereocenters. The van der Waals surface area contributed by atoms with Crippen molar-refractivity contribution in [2.75, 3.05) is 31.9 Å². The zero-order valence-electron chi connectivity index (χ0n) is 18.9. The SMILES string of the molecule is O=C(CSc1n[nH]c(=O)n1Cc1ccccc1)N1CCN(Cc2cccc3ccccc23)CC1. The van der Waals surface area contributed by atoms with Crippen molar-refractivity contribution in [3.05, 3.63) is 94.4 Å². The van der Waals surface area contributed by atoms with Crippen molar-refractivity contribution in [2.45, 2.75) is 18.2 Å². The summed E-state index contributed by atoms with van der Waals surface area (Å²) < 4.78 is 1.58. The van der Waals surface area contributed by atoms with Gasteiger partial charge in [-0.2, -0.15) is 0 Å². The van der Waals surface area contributed by atoms with Crippen molar-refractivity contribution in [3.63, 3.8) is 0 Å². The Bertz CT molecular complexity index is 1320. The number of carbonyl (C=O) groups is 1. The lowest BCUT2D eigenvalue weighted by molar-refractivity contribution is -0.130. The maximum absolute atomic E-state index is 12.8. The Morgan fingerprint density at radius 2 is 1.62 bits per heavy atom. The Hall–Kier alpha value is -3.36. The van der Waals surface area contributed by atoms with Crippen LogP contribution in [0.5, 0.6) is 0 Å². The van der Waals surface area contributed by atoms with E-state index in [0.29, 0.717) is 24.8 Å². The van der Waals surface area contributed by atoms with Gasteiger partial charge in [-0.15, -0.1) is 5.10 Å². The first kappa shape index (κ1) is 22.4. The second kappa shape index (κ2) is 10.3. The van der Waals surface area contributed by atoms with Crippen molar-refractivity contribution >= 4 is 28.4 Å². The fraction of sp³-hybridized carbons (Fsp3) is 0.269. The van der Waals surface area contributed by atoms with Crippen molar-refractivity contribution < 1.29 is 4.79 Å². The molecule has 0 spiro atoms. The van der Waals surface area contributed by atoms with Crippen LogP contribution in [-0.2, 0) is 17.9 Å². The van der Waals surface area contributed by atoms with Gasteiger partial charge in [0.1, 0.15) is 0 Å². The quantitative estimate of drug-likeness (QED) is 0.417. The van der Waals surface area contributed by atoms with Crippen molar-refractivity contribution in [1.82, 2.24) is 24.6 Å². The maximum Gasteiger partial charge on any atom is 0.344 e. The molecule has 1 aliphatic rings. The zero-order valence-corrected chi connectivity index (χ0v) is 19.7. The Balaban J connectivity index is 1.15. The molecule has 2 heterocycles. The smallest absolute Gasteiger partial charge is 0.339 e. The summed E-state index contributed by atoms with van der Waals surface area (Å²) in [7, 11) is 0. The van der Waals surface area contributed by atoms with E-state index in [1.807, 2.05) is 35.2 Å². The number of nitrogens with one attached hydrogen (secondary N) is 1. The van der Waals surface area contributed by atoms with Gasteiger partial charge in [0, 0.05) is 32.7 Å². The van der Waals surface area contributed by atoms with Gasteiger partial charge in [-0.3, -0.25) is 14.3 Å². The van der Waals surface area contributed by atoms with Crippen LogP contribution in [0.15, 0.2) is 82.7 Å². The molecule has 7 nitrogen and oxygen atoms in total. The summed E-state index contributed by atoms with van der Waals surface area (Å²) in [5.41, 5.74) is 2.07. The van der Waals surface area contributed by atoms with Crippen LogP contribution in [0.25, 0.3) is 10.8 Å². The second-order valence-corrected chi connectivity index (χ2v) is 9.41. The summed E-state index contributed by atoms with van der Waals surface area (Å²) in [6.07, 6.45) is 0. The van der Waals surface area contributed by atoms with Crippen LogP contribution in [0.1, 0.15) is 11.1 Å². The molecule has 34 heavy (non-hydrogen) atoms. The maximum atomic E-state index is 12.8. The topological polar surface area (TPSA) is 74.2 Å². The van der Waals surface area contributed by atoms with E-state index in [2.05, 4.69) is 57.6 Å². The molecule has 1 fully saturated rings. The number of amides is 1. The number of aromatic amines is 1. The first-order valence-corrected chi connectivity index (χ1v) is 12.4. The Morgan fingerprint density at radius 1 is 0.882 bits per heavy atom. The highest BCUT2D eigenvalue weighted by Crippen LogP contribution is 2.21. The highest BCUT2D eigenvalue weighted by Gasteiger charge is 2.22. The third kappa shape index (κ3) is 5.08. The molecular formula is C26H27N5O2S. The van der Waals surface area contributed by atoms with E-state index in [1.54, 1.807) is 4.57 Å². The van der Waals surface area contributed by atoms with Crippen LogP contribution in [0, 0.1) is 0 Å². The van der Waals surface area contributed by atoms with Crippen LogP contribution in [0.2, 0.25) is 0 Å². The number of hydrogen-bond donors (Lipinski definition) is 1. The lowest BCUT2D eigenvalue weighted by atomic mass is 10.0. The number of hydrogen-bond acceptors (Lipinski definition) is 5. The number of H-pyrrole nitrogens is 1. The number of thioether (sulfide) groups is 1. The molecular weight excluding hydrogens is 446 g/mol. The summed E-state index contributed by atoms with van der Waals surface area (Å²) in [6.45, 7) is 4.43. The van der Waals surface area contributed by atoms with Crippen molar-refractivity contribution in [2.24, 2.45) is 0 Å². The number of aromatic nitrogens is 3. The van der Waals surface area contributed by atoms with E-state index in [-0.39, 0.29) is 17.3 Å². The number of nitrogens with zero attached hydrogens (tertiary/aromatic N) is 4. The summed E-state index contributed by atoms with van der Waals surface area (Å²) in [5, 5.41) is 9.72. The largest absolute Gasteiger partial charge is 0.344 e. The van der Waals surface area contributed by atoms with Gasteiger partial charge in [-0.25, -0.2) is 9.89 Å². The molecule has 4 aromatic rings. The van der Waals surface area contributed by atoms with Crippen molar-refractivity contribution in [1.29, 1.82) is 0 Å². The van der Waals surface area contributed by atoms with Gasteiger partial charge in [-0.05, 0) is 21.9 Å². The van der Waals surface area contributed by atoms with Crippen molar-refractivity contribution in [3.8, 4) is 0 Å². The van der Waals surface area contributed by atoms with Crippen LogP contribution >= 0.6 is 11.8 Å². The number of carbonyl (C=O) groups excluding carboxylic acids is 1. The third-order valence-corrected chi connectivity index (χ3v) is 7.19. The molecule has 0 saturated carbocycles. The highest BCUT2D eigenvalue weighted by atomic mass is 32.2. The monoisotopic (exact) mass is 473 g/mol. The average molecular weight is 474 g/mol. The molecule has 3 aromatic carbocycles. The standard InChI is InChI=1S/C26H27N5O2S/c32-24(19-34-26-28-27-25(33)31(26)17-20-7-2-1-3-8-20)30-15-13-29(14-16-30)18-22-11-6-10-21-9-4-5-12-23(21)22/h1-12H,13-19H2,(H,27,33). The van der Waals surface area contributed by atoms with E-state index in [9.17, 15) is 9.59 Å². The molecule has 1 aliphatic heterocycles. The van der Waals surface area contributed by atoms with Gasteiger partial charge >= 0.3 is 5.69 Å². The third-order valence-electron chi connectivity index (χ3n) is 6.23. The van der Waals surface area contributed by atoms with Gasteiger partial charge in [0.25, 0.3) is 0 Å². The fourth-order valence-electron chi connectivity index (χ4n) is 4.36. The van der Waals surface area contributed by atoms with E-state index in [4.69, 9.17) is 0 Å². The predicted molar refractivity (Wildman–Crippen MR) is 135 cm³/mol. The minimum atomic E-state index is -0.263. The minimum Gasteiger partial charge on any atom is -0.339 e. The number of piperazine rings is 1. The lowest BCUT2D eigenvalue weighted by Crippen LogP contribution is -2.48. The fourth-order valence-corrected chi connectivity index (χ4v) is 5.21. The van der Waals surface area contributed by atoms with E-state index < -0.39 is 0 Å². The molecule has 174 valence electrons. The molecule has 0 bridgehead atoms. The summed E-state index contributed by atoms with van der Waals surface area (Å²) in [4.78, 5) is 29.4. The molecule has 1 amide bonds. The van der Waals surface area contributed by atoms with Gasteiger partial charge < -0.3 is 4.90 Å². The molecule has 8 heteroatoms. The average Bonchev–Trinajstić information content (AvgIpc) is 3.22. The Kier molecular flexibility index (Phi) is 6.78. The van der Waals surface area contributed by atoms with Crippen LogP contribution < -0.4 is 5.69 Å². The van der Waals surface area contributed by atoms with Gasteiger partial charge in [0.15, 0.2) is 5.16 Å². The second-order valence-electron chi connectivity index (χ2n) is 8.47. The number of rotatable bonds is 7. The molecule has 0 radical (unpaired) electrons. The molecule has 0 aliphatic carbocycles. The number of fused-ring (bicyclic) bond motifs is 1. The van der Waals surface area contributed by atoms with Gasteiger partial charge in [0.05, 0.1) is 12.3 Å². The predicted octanol–water partition coefficient (Wildman–Crippen LogP) is 3.21. The van der Waals surface area contributed by atoms with E-state index in [1.165, 1.54) is 28.1 Å². The summed E-state index contributed by atoms with van der Waals surface area (Å²) in [6, 6.07) is 24.7. The molecule has 1 N–H and O–H groups in total. The van der Waals surface area contributed by atoms with Gasteiger partial charge in [0.2, 0.25) is 5.91 Å². The normalized spacial score (nSPS) is 14.5. The van der Waals surface area contributed by atoms with Crippen LogP contribution in [-0.4, -0.2) is 62.4 Å². The van der Waals surface area contributed by atoms with E-state index >= 15 is 0 Å². The molecule has 1 aromatic heterocycles. The van der Waals surface area contributed by atoms with Gasteiger partial charge in [-0.1, -0.05) is 84.6 Å². The summed E-state index contributed by atoms with van der Waals surface area (Å²) >= 11 is 1.31. The molecule has 1 saturated heterocycles. The zero-order chi connectivity index (χ0) is 23.3. The number of benzene rings is 3.